The molecule has 0 spiro atoms. The molecule has 22 heavy (non-hydrogen) atoms. The zero-order valence-electron chi connectivity index (χ0n) is 13.1. The van der Waals surface area contributed by atoms with Crippen LogP contribution in [0.4, 0.5) is 0 Å². The second-order valence-electron chi connectivity index (χ2n) is 5.94. The van der Waals surface area contributed by atoms with E-state index in [0.29, 0.717) is 23.8 Å². The molecular weight excluding hydrogens is 324 g/mol. The van der Waals surface area contributed by atoms with E-state index in [1.807, 2.05) is 25.5 Å². The zero-order valence-corrected chi connectivity index (χ0v) is 14.7. The van der Waals surface area contributed by atoms with Crippen LogP contribution in [0.5, 0.6) is 0 Å². The van der Waals surface area contributed by atoms with Crippen LogP contribution >= 0.6 is 11.8 Å². The number of amides is 1. The molecule has 1 aliphatic rings. The van der Waals surface area contributed by atoms with Crippen molar-refractivity contribution in [3.05, 3.63) is 5.82 Å². The van der Waals surface area contributed by atoms with Gasteiger partial charge in [0.25, 0.3) is 0 Å². The monoisotopic (exact) mass is 346 g/mol. The van der Waals surface area contributed by atoms with E-state index >= 15 is 0 Å². The van der Waals surface area contributed by atoms with Crippen molar-refractivity contribution in [1.82, 2.24) is 20.1 Å². The molecule has 2 heterocycles. The maximum Gasteiger partial charge on any atom is 0.230 e. The molecule has 0 bridgehead atoms. The quantitative estimate of drug-likeness (QED) is 0.750. The van der Waals surface area contributed by atoms with Crippen molar-refractivity contribution in [1.29, 1.82) is 0 Å². The highest BCUT2D eigenvalue weighted by Gasteiger charge is 2.29. The summed E-state index contributed by atoms with van der Waals surface area (Å²) in [6.45, 7) is 3.83. The molecule has 7 nitrogen and oxygen atoms in total. The van der Waals surface area contributed by atoms with E-state index in [1.165, 1.54) is 11.8 Å². The summed E-state index contributed by atoms with van der Waals surface area (Å²) in [6, 6.07) is 0.118. The van der Waals surface area contributed by atoms with Crippen LogP contribution in [-0.2, 0) is 28.1 Å². The summed E-state index contributed by atoms with van der Waals surface area (Å²) >= 11 is 1.33. The molecule has 1 atom stereocenters. The summed E-state index contributed by atoms with van der Waals surface area (Å²) in [5, 5.41) is 11.7. The highest BCUT2D eigenvalue weighted by atomic mass is 32.2. The lowest BCUT2D eigenvalue weighted by atomic mass is 10.1. The number of hydrogen-bond donors (Lipinski definition) is 1. The van der Waals surface area contributed by atoms with Gasteiger partial charge in [0, 0.05) is 19.5 Å². The molecule has 0 aliphatic carbocycles. The summed E-state index contributed by atoms with van der Waals surface area (Å²) in [5.74, 6) is 1.66. The number of rotatable bonds is 6. The predicted octanol–water partition coefficient (Wildman–Crippen LogP) is 0.409. The van der Waals surface area contributed by atoms with Gasteiger partial charge in [0.2, 0.25) is 5.91 Å². The third-order valence-electron chi connectivity index (χ3n) is 3.51. The van der Waals surface area contributed by atoms with Crippen molar-refractivity contribution in [3.63, 3.8) is 0 Å². The number of sulfone groups is 1. The summed E-state index contributed by atoms with van der Waals surface area (Å²) in [4.78, 5) is 11.6. The number of carbonyl (C=O) groups excluding carboxylic acids is 1. The van der Waals surface area contributed by atoms with Gasteiger partial charge in [0.1, 0.15) is 5.82 Å². The van der Waals surface area contributed by atoms with E-state index < -0.39 is 9.84 Å². The van der Waals surface area contributed by atoms with E-state index in [-0.39, 0.29) is 29.4 Å². The topological polar surface area (TPSA) is 94.0 Å². The van der Waals surface area contributed by atoms with Crippen LogP contribution < -0.4 is 5.32 Å². The standard InChI is InChI=1S/C13H22N4O3S2/c1-9(2)14-12(18)7-21-13-16-15-11(17(13)3)6-10-4-5-22(19,20)8-10/h9-10H,4-8H2,1-3H3,(H,14,18)/t10-/m0/s1. The van der Waals surface area contributed by atoms with E-state index in [4.69, 9.17) is 0 Å². The van der Waals surface area contributed by atoms with Gasteiger partial charge < -0.3 is 9.88 Å². The zero-order chi connectivity index (χ0) is 16.3. The van der Waals surface area contributed by atoms with Crippen molar-refractivity contribution >= 4 is 27.5 Å². The van der Waals surface area contributed by atoms with Gasteiger partial charge in [-0.15, -0.1) is 10.2 Å². The molecule has 1 aromatic heterocycles. The average Bonchev–Trinajstić information content (AvgIpc) is 2.91. The first-order valence-corrected chi connectivity index (χ1v) is 10.1. The van der Waals surface area contributed by atoms with Crippen LogP contribution in [0.3, 0.4) is 0 Å². The minimum Gasteiger partial charge on any atom is -0.353 e. The molecule has 1 saturated heterocycles. The number of aromatic nitrogens is 3. The second-order valence-corrected chi connectivity index (χ2v) is 9.11. The number of thioether (sulfide) groups is 1. The lowest BCUT2D eigenvalue weighted by Crippen LogP contribution is -2.31. The van der Waals surface area contributed by atoms with Crippen LogP contribution in [0.25, 0.3) is 0 Å². The van der Waals surface area contributed by atoms with Gasteiger partial charge in [-0.25, -0.2) is 8.42 Å². The van der Waals surface area contributed by atoms with Crippen LogP contribution in [-0.4, -0.2) is 52.4 Å². The molecule has 1 fully saturated rings. The van der Waals surface area contributed by atoms with Crippen LogP contribution in [0.2, 0.25) is 0 Å². The molecule has 124 valence electrons. The van der Waals surface area contributed by atoms with Gasteiger partial charge in [-0.05, 0) is 26.2 Å². The Hall–Kier alpha value is -1.09. The second kappa shape index (κ2) is 6.99. The molecule has 9 heteroatoms. The Bertz CT molecular complexity index is 640. The van der Waals surface area contributed by atoms with Gasteiger partial charge >= 0.3 is 0 Å². The first-order chi connectivity index (χ1) is 10.3. The van der Waals surface area contributed by atoms with Gasteiger partial charge in [-0.2, -0.15) is 0 Å². The van der Waals surface area contributed by atoms with E-state index in [2.05, 4.69) is 15.5 Å². The van der Waals surface area contributed by atoms with Crippen LogP contribution in [0.15, 0.2) is 5.16 Å². The lowest BCUT2D eigenvalue weighted by molar-refractivity contribution is -0.119. The Morgan fingerprint density at radius 2 is 2.18 bits per heavy atom. The van der Waals surface area contributed by atoms with E-state index in [1.54, 1.807) is 0 Å². The van der Waals surface area contributed by atoms with Gasteiger partial charge in [-0.1, -0.05) is 11.8 Å². The summed E-state index contributed by atoms with van der Waals surface area (Å²) in [7, 11) is -1.02. The number of nitrogens with zero attached hydrogens (tertiary/aromatic N) is 3. The highest BCUT2D eigenvalue weighted by molar-refractivity contribution is 7.99. The number of hydrogen-bond acceptors (Lipinski definition) is 6. The van der Waals surface area contributed by atoms with E-state index in [0.717, 1.165) is 5.82 Å². The molecule has 0 unspecified atom stereocenters. The van der Waals surface area contributed by atoms with Crippen molar-refractivity contribution in [2.45, 2.75) is 37.9 Å². The maximum absolute atomic E-state index is 11.6. The minimum absolute atomic E-state index is 0.0357. The molecular formula is C13H22N4O3S2. The summed E-state index contributed by atoms with van der Waals surface area (Å²) in [5.41, 5.74) is 0. The summed E-state index contributed by atoms with van der Waals surface area (Å²) in [6.07, 6.45) is 1.30. The predicted molar refractivity (Wildman–Crippen MR) is 85.5 cm³/mol. The molecule has 2 rings (SSSR count). The smallest absolute Gasteiger partial charge is 0.230 e. The normalized spacial score (nSPS) is 20.5. The van der Waals surface area contributed by atoms with Crippen LogP contribution in [0.1, 0.15) is 26.1 Å². The molecule has 0 radical (unpaired) electrons. The molecule has 1 amide bonds. The fourth-order valence-electron chi connectivity index (χ4n) is 2.43. The van der Waals surface area contributed by atoms with Gasteiger partial charge in [-0.3, -0.25) is 4.79 Å². The molecule has 0 saturated carbocycles. The Balaban J connectivity index is 1.91. The van der Waals surface area contributed by atoms with Crippen molar-refractivity contribution < 1.29 is 13.2 Å². The van der Waals surface area contributed by atoms with Crippen LogP contribution in [0, 0.1) is 5.92 Å². The third-order valence-corrected chi connectivity index (χ3v) is 6.36. The van der Waals surface area contributed by atoms with Crippen molar-refractivity contribution in [2.75, 3.05) is 17.3 Å². The molecule has 1 aliphatic heterocycles. The SMILES string of the molecule is CC(C)NC(=O)CSc1nnc(C[C@@H]2CCS(=O)(=O)C2)n1C. The Morgan fingerprint density at radius 1 is 1.45 bits per heavy atom. The first-order valence-electron chi connectivity index (χ1n) is 7.27. The molecule has 1 N–H and O–H groups in total. The van der Waals surface area contributed by atoms with Gasteiger partial charge in [0.05, 0.1) is 17.3 Å². The first kappa shape index (κ1) is 17.3. The number of nitrogens with one attached hydrogen (secondary N) is 1. The average molecular weight is 346 g/mol. The van der Waals surface area contributed by atoms with Gasteiger partial charge in [0.15, 0.2) is 15.0 Å². The fourth-order valence-corrected chi connectivity index (χ4v) is 5.04. The largest absolute Gasteiger partial charge is 0.353 e. The Morgan fingerprint density at radius 3 is 2.77 bits per heavy atom. The van der Waals surface area contributed by atoms with Crippen molar-refractivity contribution in [2.24, 2.45) is 13.0 Å². The fraction of sp³-hybridized carbons (Fsp3) is 0.769. The third kappa shape index (κ3) is 4.70. The Labute approximate surface area is 135 Å². The lowest BCUT2D eigenvalue weighted by Gasteiger charge is -2.09. The minimum atomic E-state index is -2.87. The number of carbonyl (C=O) groups is 1. The summed E-state index contributed by atoms with van der Waals surface area (Å²) < 4.78 is 24.8. The molecule has 0 aromatic carbocycles. The Kier molecular flexibility index (Phi) is 5.49. The van der Waals surface area contributed by atoms with Crippen molar-refractivity contribution in [3.8, 4) is 0 Å². The van der Waals surface area contributed by atoms with E-state index in [9.17, 15) is 13.2 Å². The molecule has 1 aromatic rings. The maximum atomic E-state index is 11.6. The highest BCUT2D eigenvalue weighted by Crippen LogP contribution is 2.23.